The second kappa shape index (κ2) is 5.45. The van der Waals surface area contributed by atoms with Crippen LogP contribution in [0.1, 0.15) is 6.92 Å². The van der Waals surface area contributed by atoms with E-state index < -0.39 is 0 Å². The van der Waals surface area contributed by atoms with Gasteiger partial charge in [0.2, 0.25) is 0 Å². The highest BCUT2D eigenvalue weighted by atomic mass is 16.5. The number of nitrogens with one attached hydrogen (secondary N) is 1. The summed E-state index contributed by atoms with van der Waals surface area (Å²) in [5.41, 5.74) is 2.01. The number of rotatable bonds is 5. The Hall–Kier alpha value is -1.88. The molecule has 0 bridgehead atoms. The van der Waals surface area contributed by atoms with Crippen molar-refractivity contribution in [2.24, 2.45) is 0 Å². The lowest BCUT2D eigenvalue weighted by Gasteiger charge is -2.14. The van der Waals surface area contributed by atoms with Gasteiger partial charge in [0.15, 0.2) is 0 Å². The van der Waals surface area contributed by atoms with Gasteiger partial charge >= 0.3 is 0 Å². The third-order valence-corrected chi connectivity index (χ3v) is 2.35. The molecule has 90 valence electrons. The van der Waals surface area contributed by atoms with Gasteiger partial charge in [0, 0.05) is 18.8 Å². The number of ether oxygens (including phenoxy) is 1. The van der Waals surface area contributed by atoms with Gasteiger partial charge < -0.3 is 10.1 Å². The summed E-state index contributed by atoms with van der Waals surface area (Å²) < 4.78 is 5.07. The summed E-state index contributed by atoms with van der Waals surface area (Å²) in [4.78, 5) is 1.59. The van der Waals surface area contributed by atoms with Crippen LogP contribution in [0.2, 0.25) is 0 Å². The lowest BCUT2D eigenvalue weighted by molar-refractivity contribution is 0.190. The first-order chi connectivity index (χ1) is 8.29. The van der Waals surface area contributed by atoms with E-state index >= 15 is 0 Å². The summed E-state index contributed by atoms with van der Waals surface area (Å²) in [6, 6.07) is 8.24. The first kappa shape index (κ1) is 11.6. The third kappa shape index (κ3) is 3.04. The predicted octanol–water partition coefficient (Wildman–Crippen LogP) is 1.71. The molecule has 1 aromatic carbocycles. The Kier molecular flexibility index (Phi) is 3.72. The molecule has 0 saturated heterocycles. The zero-order valence-electron chi connectivity index (χ0n) is 10.00. The second-order valence-electron chi connectivity index (χ2n) is 3.87. The molecule has 1 unspecified atom stereocenters. The van der Waals surface area contributed by atoms with Gasteiger partial charge in [0.25, 0.3) is 0 Å². The van der Waals surface area contributed by atoms with Gasteiger partial charge in [0.05, 0.1) is 24.7 Å². The summed E-state index contributed by atoms with van der Waals surface area (Å²) in [5, 5.41) is 11.5. The fourth-order valence-electron chi connectivity index (χ4n) is 1.62. The van der Waals surface area contributed by atoms with Crippen molar-refractivity contribution in [2.45, 2.75) is 13.0 Å². The Bertz CT molecular complexity index is 438. The van der Waals surface area contributed by atoms with E-state index in [1.807, 2.05) is 24.3 Å². The molecule has 17 heavy (non-hydrogen) atoms. The van der Waals surface area contributed by atoms with E-state index in [0.29, 0.717) is 6.61 Å². The van der Waals surface area contributed by atoms with Gasteiger partial charge in [-0.1, -0.05) is 0 Å². The molecule has 0 amide bonds. The quantitative estimate of drug-likeness (QED) is 0.852. The molecule has 5 nitrogen and oxygen atoms in total. The molecule has 2 aromatic rings. The lowest BCUT2D eigenvalue weighted by Crippen LogP contribution is -2.20. The van der Waals surface area contributed by atoms with Crippen LogP contribution in [-0.4, -0.2) is 34.8 Å². The van der Waals surface area contributed by atoms with E-state index in [4.69, 9.17) is 4.74 Å². The van der Waals surface area contributed by atoms with Crippen LogP contribution in [0.4, 0.5) is 5.69 Å². The van der Waals surface area contributed by atoms with E-state index in [9.17, 15) is 0 Å². The summed E-state index contributed by atoms with van der Waals surface area (Å²) in [5.74, 6) is 0. The Morgan fingerprint density at radius 3 is 2.47 bits per heavy atom. The number of nitrogens with zero attached hydrogens (tertiary/aromatic N) is 3. The number of benzene rings is 1. The van der Waals surface area contributed by atoms with Crippen molar-refractivity contribution in [3.05, 3.63) is 36.7 Å². The maximum Gasteiger partial charge on any atom is 0.0858 e. The summed E-state index contributed by atoms with van der Waals surface area (Å²) in [6.07, 6.45) is 3.32. The molecule has 0 saturated carbocycles. The topological polar surface area (TPSA) is 52.0 Å². The van der Waals surface area contributed by atoms with Crippen molar-refractivity contribution < 1.29 is 4.74 Å². The van der Waals surface area contributed by atoms with Gasteiger partial charge in [-0.15, -0.1) is 0 Å². The van der Waals surface area contributed by atoms with Crippen LogP contribution in [0.15, 0.2) is 36.7 Å². The van der Waals surface area contributed by atoms with Crippen LogP contribution >= 0.6 is 0 Å². The normalized spacial score (nSPS) is 12.4. The first-order valence-corrected chi connectivity index (χ1v) is 5.52. The molecule has 0 aliphatic heterocycles. The van der Waals surface area contributed by atoms with Gasteiger partial charge in [-0.2, -0.15) is 15.0 Å². The Morgan fingerprint density at radius 1 is 1.24 bits per heavy atom. The van der Waals surface area contributed by atoms with E-state index in [2.05, 4.69) is 22.4 Å². The molecule has 1 N–H and O–H groups in total. The second-order valence-corrected chi connectivity index (χ2v) is 3.87. The Morgan fingerprint density at radius 2 is 1.88 bits per heavy atom. The van der Waals surface area contributed by atoms with Crippen molar-refractivity contribution >= 4 is 5.69 Å². The number of methoxy groups -OCH3 is 1. The molecule has 1 heterocycles. The highest BCUT2D eigenvalue weighted by Gasteiger charge is 2.02. The number of hydrogen-bond acceptors (Lipinski definition) is 4. The summed E-state index contributed by atoms with van der Waals surface area (Å²) in [6.45, 7) is 2.76. The van der Waals surface area contributed by atoms with Gasteiger partial charge in [0.1, 0.15) is 0 Å². The van der Waals surface area contributed by atoms with Crippen molar-refractivity contribution in [3.8, 4) is 5.69 Å². The van der Waals surface area contributed by atoms with Crippen molar-refractivity contribution in [2.75, 3.05) is 19.0 Å². The summed E-state index contributed by atoms with van der Waals surface area (Å²) >= 11 is 0. The fraction of sp³-hybridized carbons (Fsp3) is 0.333. The third-order valence-electron chi connectivity index (χ3n) is 2.35. The van der Waals surface area contributed by atoms with E-state index in [-0.39, 0.29) is 6.04 Å². The average molecular weight is 232 g/mol. The van der Waals surface area contributed by atoms with Crippen LogP contribution < -0.4 is 5.32 Å². The Balaban J connectivity index is 2.03. The van der Waals surface area contributed by atoms with E-state index in [0.717, 1.165) is 11.4 Å². The SMILES string of the molecule is COCC(C)Nc1ccc(-n2nccn2)cc1. The van der Waals surface area contributed by atoms with Crippen LogP contribution in [0, 0.1) is 0 Å². The van der Waals surface area contributed by atoms with Crippen LogP contribution in [0.5, 0.6) is 0 Å². The summed E-state index contributed by atoms with van der Waals surface area (Å²) in [7, 11) is 1.70. The minimum absolute atomic E-state index is 0.286. The molecule has 5 heteroatoms. The molecule has 0 fully saturated rings. The fourth-order valence-corrected chi connectivity index (χ4v) is 1.62. The maximum atomic E-state index is 5.07. The molecular formula is C12H16N4O. The lowest BCUT2D eigenvalue weighted by atomic mass is 10.2. The van der Waals surface area contributed by atoms with Crippen molar-refractivity contribution in [3.63, 3.8) is 0 Å². The highest BCUT2D eigenvalue weighted by Crippen LogP contribution is 2.12. The molecule has 0 aliphatic rings. The minimum atomic E-state index is 0.286. The van der Waals surface area contributed by atoms with E-state index in [1.165, 1.54) is 0 Å². The molecule has 0 radical (unpaired) electrons. The standard InChI is InChI=1S/C12H16N4O/c1-10(9-17-2)15-11-3-5-12(6-4-11)16-13-7-8-14-16/h3-8,10,15H,9H2,1-2H3. The van der Waals surface area contributed by atoms with Crippen LogP contribution in [0.25, 0.3) is 5.69 Å². The zero-order chi connectivity index (χ0) is 12.1. The zero-order valence-corrected chi connectivity index (χ0v) is 10.00. The van der Waals surface area contributed by atoms with Gasteiger partial charge in [-0.25, -0.2) is 0 Å². The minimum Gasteiger partial charge on any atom is -0.383 e. The van der Waals surface area contributed by atoms with Crippen LogP contribution in [0.3, 0.4) is 0 Å². The number of hydrogen-bond donors (Lipinski definition) is 1. The molecule has 1 aromatic heterocycles. The van der Waals surface area contributed by atoms with Gasteiger partial charge in [-0.05, 0) is 31.2 Å². The molecular weight excluding hydrogens is 216 g/mol. The number of aromatic nitrogens is 3. The smallest absolute Gasteiger partial charge is 0.0858 e. The average Bonchev–Trinajstić information content (AvgIpc) is 2.84. The predicted molar refractivity (Wildman–Crippen MR) is 66.3 cm³/mol. The van der Waals surface area contributed by atoms with Gasteiger partial charge in [-0.3, -0.25) is 0 Å². The van der Waals surface area contributed by atoms with Crippen molar-refractivity contribution in [1.29, 1.82) is 0 Å². The monoisotopic (exact) mass is 232 g/mol. The molecule has 2 rings (SSSR count). The number of anilines is 1. The maximum absolute atomic E-state index is 5.07. The van der Waals surface area contributed by atoms with E-state index in [1.54, 1.807) is 24.3 Å². The first-order valence-electron chi connectivity index (χ1n) is 5.52. The molecule has 0 spiro atoms. The Labute approximate surface area is 100 Å². The molecule has 0 aliphatic carbocycles. The largest absolute Gasteiger partial charge is 0.383 e. The van der Waals surface area contributed by atoms with Crippen LogP contribution in [-0.2, 0) is 4.74 Å². The van der Waals surface area contributed by atoms with Crippen molar-refractivity contribution in [1.82, 2.24) is 15.0 Å². The highest BCUT2D eigenvalue weighted by molar-refractivity contribution is 5.48. The molecule has 1 atom stereocenters.